The summed E-state index contributed by atoms with van der Waals surface area (Å²) in [6, 6.07) is 16.3. The maximum Gasteiger partial charge on any atom is 0.170 e. The Balaban J connectivity index is 2.24. The van der Waals surface area contributed by atoms with Crippen molar-refractivity contribution in [2.24, 2.45) is 0 Å². The average Bonchev–Trinajstić information content (AvgIpc) is 2.23. The maximum absolute atomic E-state index is 13.1. The number of benzene rings is 2. The molecule has 0 aliphatic rings. The highest BCUT2D eigenvalue weighted by Gasteiger charge is 2.02. The van der Waals surface area contributed by atoms with E-state index in [1.165, 1.54) is 6.07 Å². The van der Waals surface area contributed by atoms with E-state index in [1.54, 1.807) is 24.3 Å². The smallest absolute Gasteiger partial charge is 0.170 e. The van der Waals surface area contributed by atoms with Gasteiger partial charge in [-0.25, -0.2) is 4.39 Å². The lowest BCUT2D eigenvalue weighted by Gasteiger charge is -2.04. The quantitative estimate of drug-likeness (QED) is 0.700. The number of para-hydroxylation sites is 2. The number of hydrogen-bond acceptors (Lipinski definition) is 1. The molecule has 0 aliphatic carbocycles. The largest absolute Gasteiger partial charge is 0.454 e. The third kappa shape index (κ3) is 1.91. The van der Waals surface area contributed by atoms with Gasteiger partial charge in [0.15, 0.2) is 11.6 Å². The van der Waals surface area contributed by atoms with Crippen LogP contribution in [0, 0.1) is 11.9 Å². The second-order valence-corrected chi connectivity index (χ2v) is 2.76. The molecule has 0 saturated heterocycles. The van der Waals surface area contributed by atoms with Crippen LogP contribution >= 0.6 is 0 Å². The molecule has 0 amide bonds. The van der Waals surface area contributed by atoms with Gasteiger partial charge in [0.25, 0.3) is 0 Å². The summed E-state index contributed by atoms with van der Waals surface area (Å²) in [5, 5.41) is 0. The van der Waals surface area contributed by atoms with Crippen molar-refractivity contribution in [3.05, 3.63) is 60.4 Å². The minimum Gasteiger partial charge on any atom is -0.454 e. The van der Waals surface area contributed by atoms with Crippen molar-refractivity contribution in [2.75, 3.05) is 0 Å². The Morgan fingerprint density at radius 2 is 1.79 bits per heavy atom. The van der Waals surface area contributed by atoms with Crippen molar-refractivity contribution in [1.82, 2.24) is 0 Å². The molecule has 2 aromatic carbocycles. The first-order valence-corrected chi connectivity index (χ1v) is 4.25. The first kappa shape index (κ1) is 8.75. The zero-order chi connectivity index (χ0) is 9.80. The van der Waals surface area contributed by atoms with Crippen LogP contribution in [0.4, 0.5) is 4.39 Å². The molecule has 1 nitrogen and oxygen atoms in total. The zero-order valence-electron chi connectivity index (χ0n) is 7.41. The van der Waals surface area contributed by atoms with E-state index in [2.05, 4.69) is 6.07 Å². The Labute approximate surface area is 81.8 Å². The lowest BCUT2D eigenvalue weighted by molar-refractivity contribution is 0.441. The van der Waals surface area contributed by atoms with Crippen LogP contribution in [-0.4, -0.2) is 0 Å². The van der Waals surface area contributed by atoms with Crippen molar-refractivity contribution >= 4 is 0 Å². The van der Waals surface area contributed by atoms with Crippen LogP contribution in [0.5, 0.6) is 11.5 Å². The third-order valence-electron chi connectivity index (χ3n) is 1.73. The minimum absolute atomic E-state index is 0.124. The zero-order valence-corrected chi connectivity index (χ0v) is 7.41. The first-order valence-electron chi connectivity index (χ1n) is 4.25. The van der Waals surface area contributed by atoms with Crippen molar-refractivity contribution in [2.45, 2.75) is 0 Å². The molecule has 69 valence electrons. The molecule has 2 aromatic rings. The number of halogens is 1. The van der Waals surface area contributed by atoms with Crippen LogP contribution in [0.1, 0.15) is 0 Å². The lowest BCUT2D eigenvalue weighted by Crippen LogP contribution is -1.87. The summed E-state index contributed by atoms with van der Waals surface area (Å²) in [4.78, 5) is 0. The van der Waals surface area contributed by atoms with Gasteiger partial charge in [0.2, 0.25) is 0 Å². The van der Waals surface area contributed by atoms with Gasteiger partial charge >= 0.3 is 0 Å². The molecule has 0 N–H and O–H groups in total. The molecule has 0 spiro atoms. The molecule has 1 radical (unpaired) electrons. The fourth-order valence-corrected chi connectivity index (χ4v) is 1.09. The minimum atomic E-state index is -0.406. The second-order valence-electron chi connectivity index (χ2n) is 2.76. The molecule has 0 atom stereocenters. The Kier molecular flexibility index (Phi) is 2.45. The van der Waals surface area contributed by atoms with Crippen LogP contribution in [0.15, 0.2) is 48.5 Å². The summed E-state index contributed by atoms with van der Waals surface area (Å²) < 4.78 is 18.4. The van der Waals surface area contributed by atoms with E-state index in [0.29, 0.717) is 5.75 Å². The highest BCUT2D eigenvalue weighted by Crippen LogP contribution is 2.22. The van der Waals surface area contributed by atoms with Gasteiger partial charge in [-0.05, 0) is 18.2 Å². The summed E-state index contributed by atoms with van der Waals surface area (Å²) in [7, 11) is 0. The van der Waals surface area contributed by atoms with E-state index < -0.39 is 5.82 Å². The van der Waals surface area contributed by atoms with Gasteiger partial charge in [0.1, 0.15) is 5.75 Å². The third-order valence-corrected chi connectivity index (χ3v) is 1.73. The summed E-state index contributed by atoms with van der Waals surface area (Å²) in [6.45, 7) is 0. The predicted octanol–water partition coefficient (Wildman–Crippen LogP) is 3.42. The molecule has 2 rings (SSSR count). The summed E-state index contributed by atoms with van der Waals surface area (Å²) in [6.07, 6.45) is 0. The van der Waals surface area contributed by atoms with Crippen LogP contribution in [0.25, 0.3) is 0 Å². The fourth-order valence-electron chi connectivity index (χ4n) is 1.09. The van der Waals surface area contributed by atoms with Crippen molar-refractivity contribution in [3.63, 3.8) is 0 Å². The molecule has 0 saturated carbocycles. The van der Waals surface area contributed by atoms with Crippen molar-refractivity contribution in [1.29, 1.82) is 0 Å². The Morgan fingerprint density at radius 3 is 2.50 bits per heavy atom. The van der Waals surface area contributed by atoms with E-state index in [4.69, 9.17) is 4.74 Å². The van der Waals surface area contributed by atoms with Gasteiger partial charge in [-0.3, -0.25) is 0 Å². The SMILES string of the molecule is Fc1ccc[c]c1Oc1ccccc1. The number of hydrogen-bond donors (Lipinski definition) is 0. The molecular formula is C12H8FO. The molecule has 0 aliphatic heterocycles. The van der Waals surface area contributed by atoms with Crippen LogP contribution in [0.3, 0.4) is 0 Å². The monoisotopic (exact) mass is 187 g/mol. The summed E-state index contributed by atoms with van der Waals surface area (Å²) >= 11 is 0. The highest BCUT2D eigenvalue weighted by molar-refractivity contribution is 5.30. The molecule has 0 unspecified atom stereocenters. The summed E-state index contributed by atoms with van der Waals surface area (Å²) in [5.41, 5.74) is 0. The van der Waals surface area contributed by atoms with E-state index in [9.17, 15) is 4.39 Å². The molecule has 0 fully saturated rings. The highest BCUT2D eigenvalue weighted by atomic mass is 19.1. The Hall–Kier alpha value is -1.83. The molecule has 0 aromatic heterocycles. The first-order chi connectivity index (χ1) is 6.86. The van der Waals surface area contributed by atoms with E-state index >= 15 is 0 Å². The van der Waals surface area contributed by atoms with Gasteiger partial charge < -0.3 is 4.74 Å². The van der Waals surface area contributed by atoms with Gasteiger partial charge in [0.05, 0.1) is 0 Å². The van der Waals surface area contributed by atoms with Crippen LogP contribution in [0.2, 0.25) is 0 Å². The second kappa shape index (κ2) is 3.92. The van der Waals surface area contributed by atoms with Crippen LogP contribution < -0.4 is 4.74 Å². The lowest BCUT2D eigenvalue weighted by atomic mass is 10.3. The van der Waals surface area contributed by atoms with Crippen molar-refractivity contribution in [3.8, 4) is 11.5 Å². The molecular weight excluding hydrogens is 179 g/mol. The van der Waals surface area contributed by atoms with Gasteiger partial charge in [-0.2, -0.15) is 0 Å². The average molecular weight is 187 g/mol. The Morgan fingerprint density at radius 1 is 1.00 bits per heavy atom. The van der Waals surface area contributed by atoms with Crippen LogP contribution in [-0.2, 0) is 0 Å². The molecule has 14 heavy (non-hydrogen) atoms. The number of rotatable bonds is 2. The fraction of sp³-hybridized carbons (Fsp3) is 0. The molecule has 0 heterocycles. The molecule has 0 bridgehead atoms. The molecule has 2 heteroatoms. The Bertz CT molecular complexity index is 412. The normalized spacial score (nSPS) is 9.79. The summed E-state index contributed by atoms with van der Waals surface area (Å²) in [5.74, 6) is 0.323. The van der Waals surface area contributed by atoms with Gasteiger partial charge in [-0.1, -0.05) is 30.3 Å². The van der Waals surface area contributed by atoms with E-state index in [-0.39, 0.29) is 5.75 Å². The van der Waals surface area contributed by atoms with Gasteiger partial charge in [0, 0.05) is 6.07 Å². The number of ether oxygens (including phenoxy) is 1. The van der Waals surface area contributed by atoms with E-state index in [1.807, 2.05) is 18.2 Å². The van der Waals surface area contributed by atoms with Gasteiger partial charge in [-0.15, -0.1) is 0 Å². The standard InChI is InChI=1S/C12H8FO/c13-11-8-4-5-9-12(11)14-10-6-2-1-3-7-10/h1-8H. The maximum atomic E-state index is 13.1. The van der Waals surface area contributed by atoms with E-state index in [0.717, 1.165) is 0 Å². The van der Waals surface area contributed by atoms with Crippen molar-refractivity contribution < 1.29 is 9.13 Å². The predicted molar refractivity (Wildman–Crippen MR) is 51.8 cm³/mol. The topological polar surface area (TPSA) is 9.23 Å².